The number of benzene rings is 1. The molecule has 12 heteroatoms. The second-order valence-electron chi connectivity index (χ2n) is 9.38. The van der Waals surface area contributed by atoms with Crippen molar-refractivity contribution in [3.63, 3.8) is 0 Å². The second kappa shape index (κ2) is 10.4. The number of aromatic nitrogens is 5. The average molecular weight is 517 g/mol. The zero-order valence-corrected chi connectivity index (χ0v) is 21.4. The van der Waals surface area contributed by atoms with E-state index in [-0.39, 0.29) is 18.6 Å². The summed E-state index contributed by atoms with van der Waals surface area (Å²) >= 11 is 1.55. The van der Waals surface area contributed by atoms with E-state index in [4.69, 9.17) is 19.4 Å². The number of methoxy groups -OCH3 is 2. The molecule has 194 valence electrons. The summed E-state index contributed by atoms with van der Waals surface area (Å²) in [7, 11) is 3.28. The molecule has 0 bridgehead atoms. The lowest BCUT2D eigenvalue weighted by Crippen LogP contribution is -2.30. The third-order valence-electron chi connectivity index (χ3n) is 6.97. The molecular weight excluding hydrogens is 484 g/mol. The van der Waals surface area contributed by atoms with Crippen LogP contribution < -0.4 is 14.8 Å². The Balaban J connectivity index is 1.45. The third kappa shape index (κ3) is 4.70. The van der Waals surface area contributed by atoms with Crippen molar-refractivity contribution >= 4 is 28.7 Å². The Morgan fingerprint density at radius 1 is 1.08 bits per heavy atom. The van der Waals surface area contributed by atoms with Gasteiger partial charge >= 0.3 is 0 Å². The molecule has 0 radical (unpaired) electrons. The maximum Gasteiger partial charge on any atom is 0.191 e. The Bertz CT molecular complexity index is 1200. The van der Waals surface area contributed by atoms with Gasteiger partial charge in [-0.2, -0.15) is 0 Å². The molecule has 0 amide bonds. The van der Waals surface area contributed by atoms with E-state index in [1.807, 2.05) is 18.2 Å². The lowest BCUT2D eigenvalue weighted by Gasteiger charge is -2.17. The first-order valence-electron chi connectivity index (χ1n) is 12.2. The maximum atomic E-state index is 10.6. The van der Waals surface area contributed by atoms with Gasteiger partial charge in [0, 0.05) is 36.3 Å². The first-order chi connectivity index (χ1) is 17.5. The van der Waals surface area contributed by atoms with E-state index in [9.17, 15) is 15.3 Å². The molecular formula is C24H32N6O5S. The van der Waals surface area contributed by atoms with Crippen LogP contribution in [0.1, 0.15) is 43.7 Å². The summed E-state index contributed by atoms with van der Waals surface area (Å²) in [4.78, 5) is 9.44. The van der Waals surface area contributed by atoms with E-state index in [1.54, 1.807) is 30.7 Å². The summed E-state index contributed by atoms with van der Waals surface area (Å²) in [6.45, 7) is 1.89. The first kappa shape index (κ1) is 25.0. The fourth-order valence-electron chi connectivity index (χ4n) is 4.86. The average Bonchev–Trinajstić information content (AvgIpc) is 3.45. The van der Waals surface area contributed by atoms with Gasteiger partial charge < -0.3 is 30.1 Å². The van der Waals surface area contributed by atoms with Crippen LogP contribution in [0, 0.1) is 5.92 Å². The molecule has 4 N–H and O–H groups in total. The van der Waals surface area contributed by atoms with Gasteiger partial charge in [0.25, 0.3) is 0 Å². The van der Waals surface area contributed by atoms with Crippen LogP contribution in [0.3, 0.4) is 0 Å². The summed E-state index contributed by atoms with van der Waals surface area (Å²) < 4.78 is 12.4. The monoisotopic (exact) mass is 516 g/mol. The van der Waals surface area contributed by atoms with Gasteiger partial charge in [0.15, 0.2) is 22.1 Å². The van der Waals surface area contributed by atoms with Crippen molar-refractivity contribution in [2.45, 2.75) is 61.6 Å². The Hall–Kier alpha value is -2.67. The highest BCUT2D eigenvalue weighted by Gasteiger charge is 2.44. The molecule has 2 saturated carbocycles. The first-order valence-corrected chi connectivity index (χ1v) is 13.2. The third-order valence-corrected chi connectivity index (χ3v) is 8.03. The topological polar surface area (TPSA) is 148 Å². The SMILES string of the molecule is CCCSc1nc(NC2CC2c2cc(OC)cc(OC)c2)c2nnn(C3CC(CO)C(O)C3O)c2n1. The van der Waals surface area contributed by atoms with E-state index in [0.29, 0.717) is 28.6 Å². The van der Waals surface area contributed by atoms with Crippen LogP contribution in [0.25, 0.3) is 11.2 Å². The molecule has 0 spiro atoms. The van der Waals surface area contributed by atoms with Crippen LogP contribution >= 0.6 is 11.8 Å². The summed E-state index contributed by atoms with van der Waals surface area (Å²) in [5, 5.41) is 43.3. The molecule has 0 saturated heterocycles. The molecule has 6 atom stereocenters. The van der Waals surface area contributed by atoms with Crippen molar-refractivity contribution in [1.82, 2.24) is 25.0 Å². The van der Waals surface area contributed by atoms with Gasteiger partial charge in [0.05, 0.1) is 26.4 Å². The lowest BCUT2D eigenvalue weighted by atomic mass is 10.1. The number of ether oxygens (including phenoxy) is 2. The Morgan fingerprint density at radius 3 is 2.47 bits per heavy atom. The molecule has 3 aromatic rings. The van der Waals surface area contributed by atoms with Gasteiger partial charge in [0.1, 0.15) is 17.6 Å². The minimum absolute atomic E-state index is 0.145. The number of hydrogen-bond donors (Lipinski definition) is 4. The molecule has 2 fully saturated rings. The fraction of sp³-hybridized carbons (Fsp3) is 0.583. The number of thioether (sulfide) groups is 1. The standard InChI is InChI=1S/C24H32N6O5S/c1-4-5-36-24-26-22(25-17-10-16(17)12-6-14(34-2)9-15(7-12)35-3)19-23(27-24)30(29-28-19)18-8-13(11-31)20(32)21(18)33/h6-7,9,13,16-18,20-21,31-33H,4-5,8,10-11H2,1-3H3,(H,25,26,27). The molecule has 6 unspecified atom stereocenters. The summed E-state index contributed by atoms with van der Waals surface area (Å²) in [5.74, 6) is 2.79. The number of nitrogens with zero attached hydrogens (tertiary/aromatic N) is 5. The molecule has 2 aliphatic carbocycles. The second-order valence-corrected chi connectivity index (χ2v) is 10.4. The van der Waals surface area contributed by atoms with Gasteiger partial charge in [-0.3, -0.25) is 0 Å². The molecule has 1 aromatic carbocycles. The molecule has 2 heterocycles. The Kier molecular flexibility index (Phi) is 7.20. The van der Waals surface area contributed by atoms with Crippen LogP contribution in [0.2, 0.25) is 0 Å². The highest BCUT2D eigenvalue weighted by Crippen LogP contribution is 2.45. The molecule has 36 heavy (non-hydrogen) atoms. The predicted octanol–water partition coefficient (Wildman–Crippen LogP) is 1.98. The minimum Gasteiger partial charge on any atom is -0.497 e. The van der Waals surface area contributed by atoms with E-state index in [0.717, 1.165) is 35.7 Å². The quantitative estimate of drug-likeness (QED) is 0.232. The van der Waals surface area contributed by atoms with Gasteiger partial charge in [-0.25, -0.2) is 14.6 Å². The zero-order chi connectivity index (χ0) is 25.4. The normalized spacial score (nSPS) is 27.4. The molecule has 5 rings (SSSR count). The maximum absolute atomic E-state index is 10.6. The number of aliphatic hydroxyl groups is 3. The largest absolute Gasteiger partial charge is 0.497 e. The van der Waals surface area contributed by atoms with Crippen molar-refractivity contribution in [3.05, 3.63) is 23.8 Å². The van der Waals surface area contributed by atoms with Crippen molar-refractivity contribution < 1.29 is 24.8 Å². The summed E-state index contributed by atoms with van der Waals surface area (Å²) in [6.07, 6.45) is 0.171. The van der Waals surface area contributed by atoms with Crippen molar-refractivity contribution in [2.75, 3.05) is 31.9 Å². The van der Waals surface area contributed by atoms with Crippen LogP contribution in [0.15, 0.2) is 23.4 Å². The van der Waals surface area contributed by atoms with Gasteiger partial charge in [-0.05, 0) is 37.0 Å². The van der Waals surface area contributed by atoms with E-state index < -0.39 is 24.2 Å². The Morgan fingerprint density at radius 2 is 1.83 bits per heavy atom. The van der Waals surface area contributed by atoms with Crippen molar-refractivity contribution in [1.29, 1.82) is 0 Å². The number of rotatable bonds is 10. The van der Waals surface area contributed by atoms with Gasteiger partial charge in [-0.1, -0.05) is 23.9 Å². The van der Waals surface area contributed by atoms with Crippen LogP contribution in [-0.2, 0) is 0 Å². The van der Waals surface area contributed by atoms with E-state index in [2.05, 4.69) is 22.6 Å². The molecule has 2 aromatic heterocycles. The number of anilines is 1. The Labute approximate surface area is 213 Å². The number of fused-ring (bicyclic) bond motifs is 1. The zero-order valence-electron chi connectivity index (χ0n) is 20.5. The lowest BCUT2D eigenvalue weighted by molar-refractivity contribution is -0.00512. The van der Waals surface area contributed by atoms with Crippen molar-refractivity contribution in [2.24, 2.45) is 5.92 Å². The highest BCUT2D eigenvalue weighted by molar-refractivity contribution is 7.99. The highest BCUT2D eigenvalue weighted by atomic mass is 32.2. The smallest absolute Gasteiger partial charge is 0.191 e. The predicted molar refractivity (Wildman–Crippen MR) is 135 cm³/mol. The van der Waals surface area contributed by atoms with E-state index >= 15 is 0 Å². The van der Waals surface area contributed by atoms with E-state index in [1.165, 1.54) is 0 Å². The molecule has 0 aliphatic heterocycles. The summed E-state index contributed by atoms with van der Waals surface area (Å²) in [5.41, 5.74) is 2.14. The number of aliphatic hydroxyl groups excluding tert-OH is 3. The van der Waals surface area contributed by atoms with Crippen molar-refractivity contribution in [3.8, 4) is 11.5 Å². The number of hydrogen-bond acceptors (Lipinski definition) is 11. The molecule has 2 aliphatic rings. The van der Waals surface area contributed by atoms with Crippen LogP contribution in [0.4, 0.5) is 5.82 Å². The summed E-state index contributed by atoms with van der Waals surface area (Å²) in [6, 6.07) is 5.51. The van der Waals surface area contributed by atoms with Gasteiger partial charge in [0.2, 0.25) is 0 Å². The minimum atomic E-state index is -1.07. The fourth-order valence-corrected chi connectivity index (χ4v) is 5.55. The van der Waals surface area contributed by atoms with Crippen LogP contribution in [-0.4, -0.2) is 85.1 Å². The van der Waals surface area contributed by atoms with Gasteiger partial charge in [-0.15, -0.1) is 5.10 Å². The molecule has 11 nitrogen and oxygen atoms in total. The van der Waals surface area contributed by atoms with Crippen LogP contribution in [0.5, 0.6) is 11.5 Å². The number of nitrogens with one attached hydrogen (secondary N) is 1.